The first-order chi connectivity index (χ1) is 5.39. The van der Waals surface area contributed by atoms with E-state index in [4.69, 9.17) is 7.85 Å². The second-order valence-corrected chi connectivity index (χ2v) is 2.18. The molecule has 0 aromatic heterocycles. The van der Waals surface area contributed by atoms with Crippen LogP contribution in [0.3, 0.4) is 0 Å². The van der Waals surface area contributed by atoms with Gasteiger partial charge < -0.3 is 0 Å². The molecule has 0 nitrogen and oxygen atoms in total. The smallest absolute Gasteiger partial charge is 0.214 e. The van der Waals surface area contributed by atoms with Crippen molar-refractivity contribution in [2.75, 3.05) is 0 Å². The van der Waals surface area contributed by atoms with Crippen LogP contribution >= 0.6 is 0 Å². The van der Waals surface area contributed by atoms with Crippen molar-refractivity contribution in [2.24, 2.45) is 0 Å². The van der Waals surface area contributed by atoms with E-state index in [1.165, 1.54) is 0 Å². The third kappa shape index (κ3) is 5.00. The minimum atomic E-state index is 0. The zero-order chi connectivity index (χ0) is 7.94. The van der Waals surface area contributed by atoms with Crippen LogP contribution in [0.5, 0.6) is 0 Å². The van der Waals surface area contributed by atoms with Crippen LogP contribution in [0.25, 0.3) is 0 Å². The van der Waals surface area contributed by atoms with Crippen LogP contribution in [0.4, 0.5) is 0 Å². The standard InChI is InChI=1S/C5H4B.C5H5.Fe/c6-5-3-1-2-4-5;1-2-4-5-3-1;/h1-4H;1-5H;/q2*-1;+2. The third-order valence-corrected chi connectivity index (χ3v) is 1.24. The summed E-state index contributed by atoms with van der Waals surface area (Å²) >= 11 is 0. The van der Waals surface area contributed by atoms with Crippen molar-refractivity contribution < 1.29 is 17.1 Å². The van der Waals surface area contributed by atoms with E-state index < -0.39 is 0 Å². The van der Waals surface area contributed by atoms with Gasteiger partial charge in [0.05, 0.1) is 0 Å². The van der Waals surface area contributed by atoms with E-state index in [-0.39, 0.29) is 17.1 Å². The maximum Gasteiger partial charge on any atom is 2.00 e. The number of rotatable bonds is 0. The monoisotopic (exact) mass is 196 g/mol. The van der Waals surface area contributed by atoms with E-state index >= 15 is 0 Å². The Kier molecular flexibility index (Phi) is 6.55. The summed E-state index contributed by atoms with van der Waals surface area (Å²) in [5.41, 5.74) is 0.843. The predicted octanol–water partition coefficient (Wildman–Crippen LogP) is 1.60. The van der Waals surface area contributed by atoms with E-state index in [1.807, 2.05) is 54.6 Å². The zero-order valence-corrected chi connectivity index (χ0v) is 7.73. The Hall–Kier alpha value is -0.716. The van der Waals surface area contributed by atoms with Gasteiger partial charge in [-0.1, -0.05) is 0 Å². The first-order valence-electron chi connectivity index (χ1n) is 3.53. The summed E-state index contributed by atoms with van der Waals surface area (Å²) in [5, 5.41) is 0. The molecule has 0 amide bonds. The summed E-state index contributed by atoms with van der Waals surface area (Å²) in [5.74, 6) is 0. The second kappa shape index (κ2) is 6.96. The summed E-state index contributed by atoms with van der Waals surface area (Å²) in [6.45, 7) is 0. The van der Waals surface area contributed by atoms with Gasteiger partial charge in [0.1, 0.15) is 0 Å². The van der Waals surface area contributed by atoms with Gasteiger partial charge in [-0.2, -0.15) is 35.8 Å². The third-order valence-electron chi connectivity index (χ3n) is 1.24. The molecule has 2 radical (unpaired) electrons. The second-order valence-electron chi connectivity index (χ2n) is 2.18. The Morgan fingerprint density at radius 2 is 1.42 bits per heavy atom. The zero-order valence-electron chi connectivity index (χ0n) is 6.63. The summed E-state index contributed by atoms with van der Waals surface area (Å²) in [7, 11) is 5.28. The van der Waals surface area contributed by atoms with Crippen LogP contribution in [0, 0.1) is 0 Å². The molecule has 60 valence electrons. The largest absolute Gasteiger partial charge is 2.00 e. The maximum atomic E-state index is 5.28. The van der Waals surface area contributed by atoms with Crippen molar-refractivity contribution in [3.05, 3.63) is 54.6 Å². The van der Waals surface area contributed by atoms with Crippen LogP contribution < -0.4 is 5.46 Å². The van der Waals surface area contributed by atoms with Crippen molar-refractivity contribution in [1.29, 1.82) is 0 Å². The minimum Gasteiger partial charge on any atom is -0.214 e. The van der Waals surface area contributed by atoms with Gasteiger partial charge in [0, 0.05) is 7.85 Å². The Morgan fingerprint density at radius 3 is 1.58 bits per heavy atom. The molecule has 2 heteroatoms. The molecule has 2 rings (SSSR count). The number of hydrogen-bond acceptors (Lipinski definition) is 0. The van der Waals surface area contributed by atoms with Crippen molar-refractivity contribution >= 4 is 13.3 Å². The fourth-order valence-electron chi connectivity index (χ4n) is 0.710. The maximum absolute atomic E-state index is 5.28. The van der Waals surface area contributed by atoms with Crippen LogP contribution in [0.2, 0.25) is 0 Å². The van der Waals surface area contributed by atoms with Crippen LogP contribution in [0.1, 0.15) is 0 Å². The first-order valence-corrected chi connectivity index (χ1v) is 3.53. The molecule has 2 aromatic rings. The van der Waals surface area contributed by atoms with Crippen molar-refractivity contribution in [2.45, 2.75) is 0 Å². The minimum absolute atomic E-state index is 0. The van der Waals surface area contributed by atoms with E-state index in [1.54, 1.807) is 0 Å². The quantitative estimate of drug-likeness (QED) is 0.443. The molecule has 0 fully saturated rings. The van der Waals surface area contributed by atoms with Crippen LogP contribution in [-0.4, -0.2) is 7.85 Å². The fourth-order valence-corrected chi connectivity index (χ4v) is 0.710. The molecule has 0 bridgehead atoms. The molecule has 12 heavy (non-hydrogen) atoms. The normalized spacial score (nSPS) is 7.67. The predicted molar refractivity (Wildman–Crippen MR) is 49.5 cm³/mol. The topological polar surface area (TPSA) is 0 Å². The van der Waals surface area contributed by atoms with E-state index in [0.717, 1.165) is 5.46 Å². The summed E-state index contributed by atoms with van der Waals surface area (Å²) in [6.07, 6.45) is 0. The fraction of sp³-hybridized carbons (Fsp3) is 0. The Bertz CT molecular complexity index is 228. The van der Waals surface area contributed by atoms with E-state index in [9.17, 15) is 0 Å². The molecule has 0 heterocycles. The summed E-state index contributed by atoms with van der Waals surface area (Å²) in [4.78, 5) is 0. The molecule has 0 aliphatic carbocycles. The van der Waals surface area contributed by atoms with Crippen molar-refractivity contribution in [3.63, 3.8) is 0 Å². The van der Waals surface area contributed by atoms with Gasteiger partial charge in [-0.15, -0.1) is 0 Å². The molecule has 0 spiro atoms. The Morgan fingerprint density at radius 1 is 0.917 bits per heavy atom. The summed E-state index contributed by atoms with van der Waals surface area (Å²) in [6, 6.07) is 17.5. The van der Waals surface area contributed by atoms with Crippen LogP contribution in [-0.2, 0) is 17.1 Å². The Balaban J connectivity index is 0.000000189. The van der Waals surface area contributed by atoms with Crippen LogP contribution in [0.15, 0.2) is 54.6 Å². The SMILES string of the molecule is [B][c-]1cccc1.[Fe+2].c1cc[cH-]c1. The molecule has 2 aromatic carbocycles. The molecule has 0 saturated carbocycles. The average molecular weight is 196 g/mol. The first kappa shape index (κ1) is 11.3. The Labute approximate surface area is 85.2 Å². The van der Waals surface area contributed by atoms with Gasteiger partial charge in [-0.3, -0.25) is 0 Å². The molecule has 0 N–H and O–H groups in total. The molecule has 0 aliphatic heterocycles. The molecular weight excluding hydrogens is 187 g/mol. The van der Waals surface area contributed by atoms with E-state index in [2.05, 4.69) is 0 Å². The van der Waals surface area contributed by atoms with Gasteiger partial charge in [0.25, 0.3) is 0 Å². The van der Waals surface area contributed by atoms with E-state index in [0.29, 0.717) is 0 Å². The molecule has 0 saturated heterocycles. The van der Waals surface area contributed by atoms with Crippen molar-refractivity contribution in [3.8, 4) is 0 Å². The molecule has 0 unspecified atom stereocenters. The molecule has 0 aliphatic rings. The van der Waals surface area contributed by atoms with Gasteiger partial charge in [-0.25, -0.2) is 24.3 Å². The average Bonchev–Trinajstić information content (AvgIpc) is 2.57. The molecule has 0 atom stereocenters. The van der Waals surface area contributed by atoms with Gasteiger partial charge in [0.15, 0.2) is 0 Å². The molecular formula is C10H9BFe. The summed E-state index contributed by atoms with van der Waals surface area (Å²) < 4.78 is 0. The number of hydrogen-bond donors (Lipinski definition) is 0. The van der Waals surface area contributed by atoms with Gasteiger partial charge in [0.2, 0.25) is 0 Å². The van der Waals surface area contributed by atoms with Gasteiger partial charge in [-0.05, 0) is 0 Å². The van der Waals surface area contributed by atoms with Crippen molar-refractivity contribution in [1.82, 2.24) is 0 Å². The van der Waals surface area contributed by atoms with Gasteiger partial charge >= 0.3 is 17.1 Å².